The number of nitrogens with zero attached hydrogens (tertiary/aromatic N) is 2. The zero-order valence-corrected chi connectivity index (χ0v) is 9.62. The number of hydrogen-bond acceptors (Lipinski definition) is 2. The largest absolute Gasteiger partial charge is 0.325 e. The number of rotatable bonds is 4. The summed E-state index contributed by atoms with van der Waals surface area (Å²) >= 11 is 0. The second-order valence-electron chi connectivity index (χ2n) is 5.13. The van der Waals surface area contributed by atoms with E-state index >= 15 is 0 Å². The van der Waals surface area contributed by atoms with Crippen LogP contribution < -0.4 is 5.73 Å². The lowest BCUT2D eigenvalue weighted by atomic mass is 9.99. The molecule has 0 radical (unpaired) electrons. The molecule has 3 nitrogen and oxygen atoms in total. The van der Waals surface area contributed by atoms with Crippen LogP contribution in [0.1, 0.15) is 33.3 Å². The highest BCUT2D eigenvalue weighted by Crippen LogP contribution is 2.09. The van der Waals surface area contributed by atoms with Crippen molar-refractivity contribution in [2.45, 2.75) is 46.2 Å². The van der Waals surface area contributed by atoms with Gasteiger partial charge in [0, 0.05) is 18.3 Å². The molecular formula is C11H21N3. The summed E-state index contributed by atoms with van der Waals surface area (Å²) in [6, 6.07) is 0. The molecule has 0 atom stereocenters. The molecule has 0 spiro atoms. The van der Waals surface area contributed by atoms with Crippen LogP contribution in [0.3, 0.4) is 0 Å². The number of aromatic nitrogens is 2. The molecule has 0 saturated heterocycles. The van der Waals surface area contributed by atoms with Crippen molar-refractivity contribution in [2.75, 3.05) is 0 Å². The first-order chi connectivity index (χ1) is 6.37. The zero-order valence-electron chi connectivity index (χ0n) is 9.62. The van der Waals surface area contributed by atoms with Gasteiger partial charge in [0.25, 0.3) is 0 Å². The van der Waals surface area contributed by atoms with Crippen molar-refractivity contribution in [1.82, 2.24) is 9.78 Å². The Labute approximate surface area is 86.3 Å². The van der Waals surface area contributed by atoms with Gasteiger partial charge in [0.1, 0.15) is 0 Å². The summed E-state index contributed by atoms with van der Waals surface area (Å²) in [5.74, 6) is 0.633. The van der Waals surface area contributed by atoms with Crippen LogP contribution in [-0.4, -0.2) is 15.3 Å². The van der Waals surface area contributed by atoms with Crippen molar-refractivity contribution in [3.8, 4) is 0 Å². The highest BCUT2D eigenvalue weighted by molar-refractivity contribution is 5.08. The Kier molecular flexibility index (Phi) is 3.32. The normalized spacial score (nSPS) is 12.4. The van der Waals surface area contributed by atoms with Crippen LogP contribution >= 0.6 is 0 Å². The fraction of sp³-hybridized carbons (Fsp3) is 0.727. The van der Waals surface area contributed by atoms with E-state index in [4.69, 9.17) is 5.73 Å². The molecule has 0 bridgehead atoms. The van der Waals surface area contributed by atoms with Gasteiger partial charge in [0.2, 0.25) is 0 Å². The third kappa shape index (κ3) is 3.92. The van der Waals surface area contributed by atoms with Crippen molar-refractivity contribution in [1.29, 1.82) is 0 Å². The first kappa shape index (κ1) is 11.2. The zero-order chi connectivity index (χ0) is 10.8. The minimum atomic E-state index is -0.147. The molecule has 14 heavy (non-hydrogen) atoms. The van der Waals surface area contributed by atoms with Crippen LogP contribution in [0.4, 0.5) is 0 Å². The highest BCUT2D eigenvalue weighted by Gasteiger charge is 2.12. The summed E-state index contributed by atoms with van der Waals surface area (Å²) < 4.78 is 1.99. The summed E-state index contributed by atoms with van der Waals surface area (Å²) in [5.41, 5.74) is 7.01. The Hall–Kier alpha value is -0.830. The van der Waals surface area contributed by atoms with Crippen molar-refractivity contribution in [3.05, 3.63) is 18.0 Å². The van der Waals surface area contributed by atoms with Gasteiger partial charge in [-0.2, -0.15) is 5.10 Å². The maximum Gasteiger partial charge on any atom is 0.0522 e. The van der Waals surface area contributed by atoms with E-state index in [2.05, 4.69) is 25.1 Å². The van der Waals surface area contributed by atoms with Crippen LogP contribution in [-0.2, 0) is 13.0 Å². The molecule has 0 saturated carbocycles. The quantitative estimate of drug-likeness (QED) is 0.796. The van der Waals surface area contributed by atoms with Crippen molar-refractivity contribution >= 4 is 0 Å². The monoisotopic (exact) mass is 195 g/mol. The Morgan fingerprint density at radius 3 is 2.64 bits per heavy atom. The molecule has 2 N–H and O–H groups in total. The maximum absolute atomic E-state index is 5.94. The third-order valence-corrected chi connectivity index (χ3v) is 1.90. The van der Waals surface area contributed by atoms with E-state index in [1.165, 1.54) is 5.56 Å². The minimum absolute atomic E-state index is 0.147. The highest BCUT2D eigenvalue weighted by atomic mass is 15.3. The van der Waals surface area contributed by atoms with E-state index in [-0.39, 0.29) is 5.54 Å². The molecular weight excluding hydrogens is 174 g/mol. The first-order valence-electron chi connectivity index (χ1n) is 5.17. The lowest BCUT2D eigenvalue weighted by molar-refractivity contribution is 0.481. The average Bonchev–Trinajstić information content (AvgIpc) is 2.30. The molecule has 0 unspecified atom stereocenters. The third-order valence-electron chi connectivity index (χ3n) is 1.90. The molecule has 80 valence electrons. The van der Waals surface area contributed by atoms with Crippen LogP contribution in [0.2, 0.25) is 0 Å². The van der Waals surface area contributed by atoms with Gasteiger partial charge in [0.15, 0.2) is 0 Å². The Bertz CT molecular complexity index is 281. The number of nitrogens with two attached hydrogens (primary N) is 1. The Morgan fingerprint density at radius 1 is 1.50 bits per heavy atom. The lowest BCUT2D eigenvalue weighted by Crippen LogP contribution is -2.34. The summed E-state index contributed by atoms with van der Waals surface area (Å²) in [6.45, 7) is 9.42. The SMILES string of the molecule is CC(C)Cn1cc(CC(C)(C)N)cn1. The molecule has 1 rings (SSSR count). The van der Waals surface area contributed by atoms with Crippen molar-refractivity contribution in [2.24, 2.45) is 11.7 Å². The summed E-state index contributed by atoms with van der Waals surface area (Å²) in [5, 5.41) is 4.30. The molecule has 1 aromatic rings. The first-order valence-corrected chi connectivity index (χ1v) is 5.17. The van der Waals surface area contributed by atoms with E-state index < -0.39 is 0 Å². The van der Waals surface area contributed by atoms with E-state index in [1.54, 1.807) is 0 Å². The fourth-order valence-corrected chi connectivity index (χ4v) is 1.50. The van der Waals surface area contributed by atoms with Gasteiger partial charge in [-0.15, -0.1) is 0 Å². The predicted octanol–water partition coefficient (Wildman–Crippen LogP) is 1.82. The van der Waals surface area contributed by atoms with E-state index in [0.717, 1.165) is 13.0 Å². The fourth-order valence-electron chi connectivity index (χ4n) is 1.50. The maximum atomic E-state index is 5.94. The van der Waals surface area contributed by atoms with Crippen LogP contribution in [0, 0.1) is 5.92 Å². The van der Waals surface area contributed by atoms with E-state index in [1.807, 2.05) is 24.7 Å². The lowest BCUT2D eigenvalue weighted by Gasteiger charge is -2.16. The van der Waals surface area contributed by atoms with Gasteiger partial charge in [0.05, 0.1) is 6.20 Å². The second-order valence-corrected chi connectivity index (χ2v) is 5.13. The average molecular weight is 195 g/mol. The molecule has 0 amide bonds. The van der Waals surface area contributed by atoms with E-state index in [0.29, 0.717) is 5.92 Å². The summed E-state index contributed by atoms with van der Waals surface area (Å²) in [7, 11) is 0. The van der Waals surface area contributed by atoms with Gasteiger partial charge in [-0.3, -0.25) is 4.68 Å². The molecule has 0 aliphatic rings. The topological polar surface area (TPSA) is 43.8 Å². The standard InChI is InChI=1S/C11H21N3/c1-9(2)7-14-8-10(6-13-14)5-11(3,4)12/h6,8-9H,5,7,12H2,1-4H3. The van der Waals surface area contributed by atoms with Gasteiger partial charge in [-0.05, 0) is 31.7 Å². The molecule has 3 heteroatoms. The smallest absolute Gasteiger partial charge is 0.0522 e. The Morgan fingerprint density at radius 2 is 2.14 bits per heavy atom. The molecule has 1 aromatic heterocycles. The predicted molar refractivity (Wildman–Crippen MR) is 59.0 cm³/mol. The summed E-state index contributed by atoms with van der Waals surface area (Å²) in [6.07, 6.45) is 4.89. The van der Waals surface area contributed by atoms with Gasteiger partial charge in [-0.1, -0.05) is 13.8 Å². The van der Waals surface area contributed by atoms with Crippen molar-refractivity contribution < 1.29 is 0 Å². The molecule has 0 fully saturated rings. The van der Waals surface area contributed by atoms with Gasteiger partial charge < -0.3 is 5.73 Å². The van der Waals surface area contributed by atoms with Gasteiger partial charge in [-0.25, -0.2) is 0 Å². The van der Waals surface area contributed by atoms with E-state index in [9.17, 15) is 0 Å². The molecule has 1 heterocycles. The van der Waals surface area contributed by atoms with Crippen LogP contribution in [0.25, 0.3) is 0 Å². The number of hydrogen-bond donors (Lipinski definition) is 1. The summed E-state index contributed by atoms with van der Waals surface area (Å²) in [4.78, 5) is 0. The van der Waals surface area contributed by atoms with Crippen molar-refractivity contribution in [3.63, 3.8) is 0 Å². The molecule has 0 aliphatic carbocycles. The minimum Gasteiger partial charge on any atom is -0.325 e. The Balaban J connectivity index is 2.60. The molecule has 0 aromatic carbocycles. The van der Waals surface area contributed by atoms with Gasteiger partial charge >= 0.3 is 0 Å². The molecule has 0 aliphatic heterocycles. The van der Waals surface area contributed by atoms with Crippen LogP contribution in [0.15, 0.2) is 12.4 Å². The second kappa shape index (κ2) is 4.13. The van der Waals surface area contributed by atoms with Crippen LogP contribution in [0.5, 0.6) is 0 Å².